The van der Waals surface area contributed by atoms with Crippen LogP contribution in [0.2, 0.25) is 0 Å². The first-order chi connectivity index (χ1) is 8.32. The molecule has 0 aliphatic carbocycles. The number of sulfonamides is 1. The third kappa shape index (κ3) is 7.51. The monoisotopic (exact) mass is 299 g/mol. The Bertz CT molecular complexity index is 381. The normalized spacial score (nSPS) is 13.0. The molecule has 0 bridgehead atoms. The summed E-state index contributed by atoms with van der Waals surface area (Å²) in [6, 6.07) is -1.23. The minimum absolute atomic E-state index is 0.0726. The highest BCUT2D eigenvalue weighted by molar-refractivity contribution is 7.98. The summed E-state index contributed by atoms with van der Waals surface area (Å²) in [7, 11) is -3.99. The van der Waals surface area contributed by atoms with Crippen molar-refractivity contribution in [1.29, 1.82) is 0 Å². The van der Waals surface area contributed by atoms with Crippen molar-refractivity contribution < 1.29 is 27.9 Å². The summed E-state index contributed by atoms with van der Waals surface area (Å²) >= 11 is 1.41. The summed E-state index contributed by atoms with van der Waals surface area (Å²) in [5.74, 6) is -2.54. The van der Waals surface area contributed by atoms with E-state index in [0.29, 0.717) is 5.75 Å². The Morgan fingerprint density at radius 2 is 2.06 bits per heavy atom. The van der Waals surface area contributed by atoms with Crippen LogP contribution in [0.4, 0.5) is 0 Å². The van der Waals surface area contributed by atoms with Crippen LogP contribution in [-0.2, 0) is 24.3 Å². The zero-order valence-corrected chi connectivity index (χ0v) is 11.8. The Balaban J connectivity index is 4.51. The lowest BCUT2D eigenvalue weighted by Gasteiger charge is -2.13. The van der Waals surface area contributed by atoms with Crippen LogP contribution in [0.5, 0.6) is 0 Å². The molecule has 0 aromatic carbocycles. The number of thioether (sulfide) groups is 1. The van der Waals surface area contributed by atoms with Gasteiger partial charge in [-0.05, 0) is 25.4 Å². The molecule has 9 heteroatoms. The molecule has 0 fully saturated rings. The van der Waals surface area contributed by atoms with Crippen LogP contribution < -0.4 is 4.72 Å². The molecule has 0 aliphatic rings. The van der Waals surface area contributed by atoms with Crippen molar-refractivity contribution in [1.82, 2.24) is 4.72 Å². The van der Waals surface area contributed by atoms with E-state index in [9.17, 15) is 18.0 Å². The molecule has 1 atom stereocenters. The molecular weight excluding hydrogens is 282 g/mol. The van der Waals surface area contributed by atoms with Crippen LogP contribution in [0.15, 0.2) is 0 Å². The van der Waals surface area contributed by atoms with E-state index < -0.39 is 33.8 Å². The zero-order valence-electron chi connectivity index (χ0n) is 10.2. The number of ether oxygens (including phenoxy) is 1. The molecule has 106 valence electrons. The number of nitrogens with one attached hydrogen (secondary N) is 1. The molecule has 0 saturated carbocycles. The standard InChI is InChI=1S/C9H17NO6S2/c1-3-16-8(11)6-18(14,15)10-7(9(12)13)4-5-17-2/h7,10H,3-6H2,1-2H3,(H,12,13). The average Bonchev–Trinajstić information content (AvgIpc) is 2.23. The first-order valence-electron chi connectivity index (χ1n) is 5.19. The maximum Gasteiger partial charge on any atom is 0.322 e. The van der Waals surface area contributed by atoms with Gasteiger partial charge in [-0.1, -0.05) is 0 Å². The molecule has 7 nitrogen and oxygen atoms in total. The third-order valence-electron chi connectivity index (χ3n) is 1.84. The van der Waals surface area contributed by atoms with Crippen LogP contribution in [0.1, 0.15) is 13.3 Å². The van der Waals surface area contributed by atoms with Crippen molar-refractivity contribution in [2.45, 2.75) is 19.4 Å². The predicted octanol–water partition coefficient (Wildman–Crippen LogP) is -0.325. The molecular formula is C9H17NO6S2. The summed E-state index contributed by atoms with van der Waals surface area (Å²) in [5, 5.41) is 8.85. The maximum atomic E-state index is 11.5. The molecule has 18 heavy (non-hydrogen) atoms. The summed E-state index contributed by atoms with van der Waals surface area (Å²) in [6.45, 7) is 1.62. The zero-order chi connectivity index (χ0) is 14.2. The topological polar surface area (TPSA) is 110 Å². The van der Waals surface area contributed by atoms with E-state index in [1.54, 1.807) is 13.2 Å². The van der Waals surface area contributed by atoms with Gasteiger partial charge in [-0.15, -0.1) is 0 Å². The van der Waals surface area contributed by atoms with E-state index >= 15 is 0 Å². The van der Waals surface area contributed by atoms with Gasteiger partial charge in [-0.2, -0.15) is 11.8 Å². The number of aliphatic carboxylic acids is 1. The second-order valence-electron chi connectivity index (χ2n) is 3.35. The van der Waals surface area contributed by atoms with Crippen LogP contribution in [0.3, 0.4) is 0 Å². The van der Waals surface area contributed by atoms with E-state index in [4.69, 9.17) is 5.11 Å². The van der Waals surface area contributed by atoms with Crippen LogP contribution >= 0.6 is 11.8 Å². The minimum atomic E-state index is -3.99. The molecule has 2 N–H and O–H groups in total. The molecule has 0 aromatic rings. The Morgan fingerprint density at radius 3 is 2.50 bits per heavy atom. The average molecular weight is 299 g/mol. The van der Waals surface area contributed by atoms with E-state index in [2.05, 4.69) is 4.74 Å². The quantitative estimate of drug-likeness (QED) is 0.561. The summed E-state index contributed by atoms with van der Waals surface area (Å²) in [4.78, 5) is 21.9. The van der Waals surface area contributed by atoms with Gasteiger partial charge in [0.2, 0.25) is 10.0 Å². The first-order valence-corrected chi connectivity index (χ1v) is 8.24. The van der Waals surface area contributed by atoms with E-state index in [1.165, 1.54) is 11.8 Å². The van der Waals surface area contributed by atoms with E-state index in [1.807, 2.05) is 4.72 Å². The molecule has 0 heterocycles. The number of hydrogen-bond acceptors (Lipinski definition) is 6. The summed E-state index contributed by atoms with van der Waals surface area (Å²) in [5.41, 5.74) is 0. The molecule has 0 spiro atoms. The Hall–Kier alpha value is -0.800. The number of hydrogen-bond donors (Lipinski definition) is 2. The smallest absolute Gasteiger partial charge is 0.322 e. The molecule has 0 aliphatic heterocycles. The van der Waals surface area contributed by atoms with Gasteiger partial charge in [-0.3, -0.25) is 9.59 Å². The van der Waals surface area contributed by atoms with Crippen LogP contribution in [0, 0.1) is 0 Å². The number of carboxylic acids is 1. The van der Waals surface area contributed by atoms with Gasteiger partial charge >= 0.3 is 11.9 Å². The summed E-state index contributed by atoms with van der Waals surface area (Å²) in [6.07, 6.45) is 1.94. The molecule has 0 rings (SSSR count). The van der Waals surface area contributed by atoms with Crippen molar-refractivity contribution in [2.75, 3.05) is 24.4 Å². The molecule has 0 saturated heterocycles. The SMILES string of the molecule is CCOC(=O)CS(=O)(=O)NC(CCSC)C(=O)O. The van der Waals surface area contributed by atoms with Gasteiger partial charge < -0.3 is 9.84 Å². The highest BCUT2D eigenvalue weighted by atomic mass is 32.2. The molecule has 0 aromatic heterocycles. The number of rotatable bonds is 9. The van der Waals surface area contributed by atoms with Crippen molar-refractivity contribution in [2.24, 2.45) is 0 Å². The molecule has 0 radical (unpaired) electrons. The second-order valence-corrected chi connectivity index (χ2v) is 6.09. The largest absolute Gasteiger partial charge is 0.480 e. The van der Waals surface area contributed by atoms with Gasteiger partial charge in [0.25, 0.3) is 0 Å². The number of carboxylic acid groups (broad SMARTS) is 1. The number of carbonyl (C=O) groups is 2. The van der Waals surface area contributed by atoms with Crippen molar-refractivity contribution in [3.05, 3.63) is 0 Å². The lowest BCUT2D eigenvalue weighted by Crippen LogP contribution is -2.43. The van der Waals surface area contributed by atoms with Gasteiger partial charge in [0.05, 0.1) is 6.61 Å². The first kappa shape index (κ1) is 17.2. The molecule has 0 amide bonds. The van der Waals surface area contributed by atoms with Crippen LogP contribution in [0.25, 0.3) is 0 Å². The van der Waals surface area contributed by atoms with Crippen molar-refractivity contribution in [3.63, 3.8) is 0 Å². The Kier molecular flexibility index (Phi) is 7.96. The van der Waals surface area contributed by atoms with E-state index in [0.717, 1.165) is 0 Å². The fourth-order valence-corrected chi connectivity index (χ4v) is 2.69. The van der Waals surface area contributed by atoms with Crippen molar-refractivity contribution in [3.8, 4) is 0 Å². The lowest BCUT2D eigenvalue weighted by molar-refractivity contribution is -0.141. The van der Waals surface area contributed by atoms with E-state index in [-0.39, 0.29) is 13.0 Å². The Morgan fingerprint density at radius 1 is 1.44 bits per heavy atom. The molecule has 1 unspecified atom stereocenters. The summed E-state index contributed by atoms with van der Waals surface area (Å²) < 4.78 is 29.5. The van der Waals surface area contributed by atoms with Gasteiger partial charge in [0, 0.05) is 0 Å². The van der Waals surface area contributed by atoms with Crippen LogP contribution in [-0.4, -0.2) is 55.9 Å². The van der Waals surface area contributed by atoms with Gasteiger partial charge in [-0.25, -0.2) is 13.1 Å². The van der Waals surface area contributed by atoms with Gasteiger partial charge in [0.1, 0.15) is 6.04 Å². The van der Waals surface area contributed by atoms with Gasteiger partial charge in [0.15, 0.2) is 5.75 Å². The fourth-order valence-electron chi connectivity index (χ4n) is 1.08. The second kappa shape index (κ2) is 8.33. The highest BCUT2D eigenvalue weighted by Gasteiger charge is 2.25. The number of esters is 1. The maximum absolute atomic E-state index is 11.5. The fraction of sp³-hybridized carbons (Fsp3) is 0.778. The third-order valence-corrected chi connectivity index (χ3v) is 3.75. The predicted molar refractivity (Wildman–Crippen MR) is 68.0 cm³/mol. The minimum Gasteiger partial charge on any atom is -0.480 e. The number of carbonyl (C=O) groups excluding carboxylic acids is 1. The lowest BCUT2D eigenvalue weighted by atomic mass is 10.2. The van der Waals surface area contributed by atoms with Crippen molar-refractivity contribution >= 4 is 33.7 Å². The Labute approximate surface area is 110 Å². The highest BCUT2D eigenvalue weighted by Crippen LogP contribution is 2.03.